The third-order valence-corrected chi connectivity index (χ3v) is 5.80. The molecule has 0 radical (unpaired) electrons. The Kier molecular flexibility index (Phi) is 9.59. The summed E-state index contributed by atoms with van der Waals surface area (Å²) >= 11 is 0. The molecule has 0 unspecified atom stereocenters. The van der Waals surface area contributed by atoms with Gasteiger partial charge in [0.25, 0.3) is 5.95 Å². The maximum Gasteiger partial charge on any atom is 0.251 e. The number of piperazine rings is 1. The van der Waals surface area contributed by atoms with E-state index in [-0.39, 0.29) is 34.6 Å². The lowest BCUT2D eigenvalue weighted by Gasteiger charge is -2.37. The van der Waals surface area contributed by atoms with Crippen LogP contribution in [0.1, 0.15) is 19.4 Å². The van der Waals surface area contributed by atoms with Gasteiger partial charge in [-0.3, -0.25) is 4.90 Å². The smallest absolute Gasteiger partial charge is 0.251 e. The minimum atomic E-state index is -0.871. The van der Waals surface area contributed by atoms with E-state index in [2.05, 4.69) is 39.0 Å². The van der Waals surface area contributed by atoms with Gasteiger partial charge in [-0.1, -0.05) is 0 Å². The summed E-state index contributed by atoms with van der Waals surface area (Å²) in [5.74, 6) is -1.47. The number of aliphatic imine (C=N–C) groups is 1. The highest BCUT2D eigenvalue weighted by Crippen LogP contribution is 2.32. The van der Waals surface area contributed by atoms with E-state index < -0.39 is 18.2 Å². The zero-order chi connectivity index (χ0) is 27.1. The Bertz CT molecular complexity index is 1090. The van der Waals surface area contributed by atoms with Crippen molar-refractivity contribution in [3.05, 3.63) is 47.4 Å². The molecule has 2 heterocycles. The van der Waals surface area contributed by atoms with Crippen molar-refractivity contribution in [3.63, 3.8) is 0 Å². The molecule has 0 amide bonds. The molecule has 1 aliphatic heterocycles. The first-order chi connectivity index (χ1) is 17.6. The number of rotatable bonds is 10. The zero-order valence-electron chi connectivity index (χ0n) is 22.1. The van der Waals surface area contributed by atoms with E-state index in [4.69, 9.17) is 19.9 Å². The summed E-state index contributed by atoms with van der Waals surface area (Å²) in [7, 11) is 6.48. The maximum atomic E-state index is 14.5. The van der Waals surface area contributed by atoms with Crippen LogP contribution in [-0.2, 0) is 6.61 Å². The van der Waals surface area contributed by atoms with Gasteiger partial charge in [0.2, 0.25) is 0 Å². The molecule has 2 aromatic rings. The highest BCUT2D eigenvalue weighted by molar-refractivity contribution is 5.93. The Morgan fingerprint density at radius 3 is 2.22 bits per heavy atom. The van der Waals surface area contributed by atoms with Crippen molar-refractivity contribution in [2.45, 2.75) is 32.5 Å². The molecule has 1 aromatic heterocycles. The van der Waals surface area contributed by atoms with Crippen LogP contribution in [0.5, 0.6) is 17.2 Å². The molecule has 1 fully saturated rings. The van der Waals surface area contributed by atoms with E-state index in [1.54, 1.807) is 6.08 Å². The monoisotopic (exact) mass is 519 g/mol. The quantitative estimate of drug-likeness (QED) is 0.361. The number of likely N-dealkylation sites (N-methyl/N-ethyl adjacent to an activating group) is 1. The van der Waals surface area contributed by atoms with E-state index >= 15 is 0 Å². The minimum absolute atomic E-state index is 0.129. The lowest BCUT2D eigenvalue weighted by Crippen LogP contribution is -2.54. The van der Waals surface area contributed by atoms with Crippen LogP contribution in [0, 0.1) is 11.6 Å². The molecular weight excluding hydrogens is 484 g/mol. The first-order valence-electron chi connectivity index (χ1n) is 11.8. The second kappa shape index (κ2) is 12.6. The van der Waals surface area contributed by atoms with Crippen LogP contribution < -0.4 is 25.3 Å². The molecule has 1 aromatic carbocycles. The summed E-state index contributed by atoms with van der Waals surface area (Å²) in [6.45, 7) is 6.53. The molecular formula is C25H35F2N7O3. The van der Waals surface area contributed by atoms with Crippen molar-refractivity contribution in [1.29, 1.82) is 0 Å². The van der Waals surface area contributed by atoms with Crippen LogP contribution in [0.15, 0.2) is 35.2 Å². The molecule has 1 saturated heterocycles. The molecule has 3 rings (SSSR count). The summed E-state index contributed by atoms with van der Waals surface area (Å²) in [6.07, 6.45) is 4.51. The molecule has 3 N–H and O–H groups in total. The van der Waals surface area contributed by atoms with Crippen molar-refractivity contribution in [3.8, 4) is 17.2 Å². The van der Waals surface area contributed by atoms with Gasteiger partial charge >= 0.3 is 0 Å². The average Bonchev–Trinajstić information content (AvgIpc) is 2.84. The third kappa shape index (κ3) is 7.49. The highest BCUT2D eigenvalue weighted by Gasteiger charge is 2.22. The second-order valence-electron chi connectivity index (χ2n) is 9.12. The van der Waals surface area contributed by atoms with Crippen LogP contribution in [0.4, 0.5) is 14.7 Å². The van der Waals surface area contributed by atoms with Gasteiger partial charge < -0.3 is 30.2 Å². The van der Waals surface area contributed by atoms with Gasteiger partial charge in [0.15, 0.2) is 28.9 Å². The van der Waals surface area contributed by atoms with Gasteiger partial charge in [0.1, 0.15) is 12.4 Å². The fourth-order valence-electron chi connectivity index (χ4n) is 4.09. The molecule has 0 spiro atoms. The number of hydrogen-bond donors (Lipinski definition) is 2. The SMILES string of the molecule is COc1cc(OC)c(F)c(COc2cnc(/N=C(N)\C=C(\CN3C[C@@H](C)N[C@@H](C)C3)N(C)C)nc2)c1F. The standard InChI is InChI=1S/C25H35F2N7O3/c1-15-11-34(12-16(2)31-15)13-17(33(3)4)7-22(28)32-25-29-9-18(10-30-25)37-14-19-23(26)20(35-5)8-21(36-6)24(19)27/h7-10,15-16,31H,11-14H2,1-6H3,(H2,28,29,30,32)/b17-7-/t15-,16+. The van der Waals surface area contributed by atoms with E-state index in [1.165, 1.54) is 26.6 Å². The normalized spacial score (nSPS) is 19.0. The number of hydrogen-bond acceptors (Lipinski definition) is 9. The molecule has 37 heavy (non-hydrogen) atoms. The number of ether oxygens (including phenoxy) is 3. The third-order valence-electron chi connectivity index (χ3n) is 5.80. The number of nitrogens with two attached hydrogens (primary N) is 1. The van der Waals surface area contributed by atoms with Gasteiger partial charge in [-0.15, -0.1) is 0 Å². The average molecular weight is 520 g/mol. The molecule has 0 aliphatic carbocycles. The van der Waals surface area contributed by atoms with Crippen LogP contribution >= 0.6 is 0 Å². The first kappa shape index (κ1) is 28.1. The molecule has 12 heteroatoms. The zero-order valence-corrected chi connectivity index (χ0v) is 22.1. The predicted molar refractivity (Wildman–Crippen MR) is 137 cm³/mol. The van der Waals surface area contributed by atoms with E-state index in [0.29, 0.717) is 12.1 Å². The van der Waals surface area contributed by atoms with Crippen molar-refractivity contribution in [1.82, 2.24) is 25.1 Å². The number of nitrogens with zero attached hydrogens (tertiary/aromatic N) is 5. The maximum absolute atomic E-state index is 14.5. The van der Waals surface area contributed by atoms with Gasteiger partial charge in [0, 0.05) is 63.7 Å². The Balaban J connectivity index is 1.68. The second-order valence-corrected chi connectivity index (χ2v) is 9.12. The number of amidine groups is 1. The summed E-state index contributed by atoms with van der Waals surface area (Å²) < 4.78 is 44.4. The van der Waals surface area contributed by atoms with E-state index in [0.717, 1.165) is 31.4 Å². The summed E-state index contributed by atoms with van der Waals surface area (Å²) in [6, 6.07) is 1.95. The number of nitrogens with one attached hydrogen (secondary N) is 1. The van der Waals surface area contributed by atoms with Crippen LogP contribution in [-0.4, -0.2) is 85.6 Å². The number of benzene rings is 1. The molecule has 10 nitrogen and oxygen atoms in total. The summed E-state index contributed by atoms with van der Waals surface area (Å²) in [5, 5.41) is 3.53. The Morgan fingerprint density at radius 2 is 1.70 bits per heavy atom. The first-order valence-corrected chi connectivity index (χ1v) is 11.8. The summed E-state index contributed by atoms with van der Waals surface area (Å²) in [5.41, 5.74) is 6.83. The molecule has 2 atom stereocenters. The van der Waals surface area contributed by atoms with Crippen molar-refractivity contribution >= 4 is 11.8 Å². The van der Waals surface area contributed by atoms with E-state index in [1.807, 2.05) is 19.0 Å². The Hall–Kier alpha value is -3.51. The fraction of sp³-hybridized carbons (Fsp3) is 0.480. The van der Waals surface area contributed by atoms with E-state index in [9.17, 15) is 8.78 Å². The molecule has 0 saturated carbocycles. The van der Waals surface area contributed by atoms with Crippen molar-refractivity contribution in [2.24, 2.45) is 10.7 Å². The van der Waals surface area contributed by atoms with Crippen LogP contribution in [0.3, 0.4) is 0 Å². The van der Waals surface area contributed by atoms with Gasteiger partial charge in [-0.05, 0) is 13.8 Å². The Labute approximate surface area is 216 Å². The lowest BCUT2D eigenvalue weighted by atomic mass is 10.1. The van der Waals surface area contributed by atoms with Crippen LogP contribution in [0.25, 0.3) is 0 Å². The molecule has 1 aliphatic rings. The number of halogens is 2. The lowest BCUT2D eigenvalue weighted by molar-refractivity contribution is 0.177. The number of aromatic nitrogens is 2. The van der Waals surface area contributed by atoms with Gasteiger partial charge in [-0.2, -0.15) is 4.99 Å². The molecule has 0 bridgehead atoms. The topological polar surface area (TPSA) is 110 Å². The van der Waals surface area contributed by atoms with Crippen LogP contribution in [0.2, 0.25) is 0 Å². The van der Waals surface area contributed by atoms with Gasteiger partial charge in [0.05, 0.1) is 32.2 Å². The Morgan fingerprint density at radius 1 is 1.14 bits per heavy atom. The minimum Gasteiger partial charge on any atom is -0.494 e. The van der Waals surface area contributed by atoms with Gasteiger partial charge in [-0.25, -0.2) is 18.7 Å². The van der Waals surface area contributed by atoms with Crippen molar-refractivity contribution < 1.29 is 23.0 Å². The van der Waals surface area contributed by atoms with Crippen molar-refractivity contribution in [2.75, 3.05) is 47.9 Å². The predicted octanol–water partition coefficient (Wildman–Crippen LogP) is 2.47. The highest BCUT2D eigenvalue weighted by atomic mass is 19.1. The summed E-state index contributed by atoms with van der Waals surface area (Å²) in [4.78, 5) is 16.9. The fourth-order valence-corrected chi connectivity index (χ4v) is 4.09. The number of methoxy groups -OCH3 is 2. The largest absolute Gasteiger partial charge is 0.494 e. The molecule has 202 valence electrons.